The zero-order valence-corrected chi connectivity index (χ0v) is 15.5. The number of amides is 3. The van der Waals surface area contributed by atoms with E-state index in [9.17, 15) is 9.59 Å². The van der Waals surface area contributed by atoms with E-state index in [1.807, 2.05) is 55.5 Å². The number of aryl methyl sites for hydroxylation is 1. The zero-order chi connectivity index (χ0) is 18.0. The molecule has 0 spiro atoms. The molecule has 128 valence electrons. The van der Waals surface area contributed by atoms with Crippen molar-refractivity contribution < 1.29 is 9.59 Å². The number of benzene rings is 2. The van der Waals surface area contributed by atoms with Crippen molar-refractivity contribution in [3.63, 3.8) is 0 Å². The number of hydrogen-bond acceptors (Lipinski definition) is 2. The normalized spacial score (nSPS) is 16.9. The molecular formula is C19H18BrN3O2. The van der Waals surface area contributed by atoms with Gasteiger partial charge in [0.15, 0.2) is 0 Å². The summed E-state index contributed by atoms with van der Waals surface area (Å²) in [6.45, 7) is 3.72. The highest BCUT2D eigenvalue weighted by atomic mass is 79.9. The Bertz CT molecular complexity index is 859. The smallest absolute Gasteiger partial charge is 0.319 e. The summed E-state index contributed by atoms with van der Waals surface area (Å²) in [5.74, 6) is -0.251. The number of urea groups is 1. The first kappa shape index (κ1) is 17.2. The number of anilines is 1. The molecule has 1 aliphatic heterocycles. The van der Waals surface area contributed by atoms with Crippen molar-refractivity contribution in [3.05, 3.63) is 75.4 Å². The monoisotopic (exact) mass is 399 g/mol. The second-order valence-corrected chi connectivity index (χ2v) is 6.86. The molecule has 3 N–H and O–H groups in total. The summed E-state index contributed by atoms with van der Waals surface area (Å²) in [7, 11) is 0. The van der Waals surface area contributed by atoms with Crippen molar-refractivity contribution in [2.24, 2.45) is 0 Å². The maximum absolute atomic E-state index is 12.9. The van der Waals surface area contributed by atoms with Gasteiger partial charge in [-0.3, -0.25) is 4.79 Å². The summed E-state index contributed by atoms with van der Waals surface area (Å²) in [6, 6.07) is 14.3. The molecule has 2 aromatic rings. The molecule has 1 aliphatic rings. The lowest BCUT2D eigenvalue weighted by Crippen LogP contribution is -2.45. The Hall–Kier alpha value is -2.60. The van der Waals surface area contributed by atoms with E-state index in [0.717, 1.165) is 15.6 Å². The Kier molecular flexibility index (Phi) is 4.90. The van der Waals surface area contributed by atoms with Crippen LogP contribution in [0.4, 0.5) is 10.5 Å². The fourth-order valence-corrected chi connectivity index (χ4v) is 3.18. The van der Waals surface area contributed by atoms with Gasteiger partial charge in [0.2, 0.25) is 0 Å². The first-order valence-electron chi connectivity index (χ1n) is 7.86. The molecule has 0 saturated carbocycles. The largest absolute Gasteiger partial charge is 0.327 e. The zero-order valence-electron chi connectivity index (χ0n) is 13.9. The van der Waals surface area contributed by atoms with Crippen molar-refractivity contribution in [1.29, 1.82) is 0 Å². The van der Waals surface area contributed by atoms with Gasteiger partial charge >= 0.3 is 6.03 Å². The number of hydrogen-bond donors (Lipinski definition) is 3. The van der Waals surface area contributed by atoms with Gasteiger partial charge in [-0.2, -0.15) is 0 Å². The van der Waals surface area contributed by atoms with Crippen molar-refractivity contribution in [2.75, 3.05) is 5.32 Å². The third-order valence-electron chi connectivity index (χ3n) is 4.01. The molecule has 0 aliphatic carbocycles. The maximum Gasteiger partial charge on any atom is 0.319 e. The number of halogens is 1. The minimum atomic E-state index is -0.517. The van der Waals surface area contributed by atoms with Crippen LogP contribution in [0.15, 0.2) is 64.3 Å². The minimum Gasteiger partial charge on any atom is -0.327 e. The van der Waals surface area contributed by atoms with Crippen molar-refractivity contribution in [3.8, 4) is 0 Å². The molecule has 0 unspecified atom stereocenters. The summed E-state index contributed by atoms with van der Waals surface area (Å²) >= 11 is 3.43. The number of carbonyl (C=O) groups excluding carboxylic acids is 2. The second-order valence-electron chi connectivity index (χ2n) is 5.95. The molecule has 0 bridgehead atoms. The Morgan fingerprint density at radius 1 is 1.12 bits per heavy atom. The highest BCUT2D eigenvalue weighted by molar-refractivity contribution is 9.10. The number of rotatable bonds is 3. The molecule has 6 heteroatoms. The van der Waals surface area contributed by atoms with Gasteiger partial charge in [-0.05, 0) is 43.7 Å². The van der Waals surface area contributed by atoms with Gasteiger partial charge in [0, 0.05) is 15.9 Å². The van der Waals surface area contributed by atoms with Gasteiger partial charge in [0.05, 0.1) is 11.6 Å². The summed E-state index contributed by atoms with van der Waals surface area (Å²) in [5, 5.41) is 8.40. The molecule has 2 aromatic carbocycles. The van der Waals surface area contributed by atoms with Crippen molar-refractivity contribution in [2.45, 2.75) is 19.9 Å². The number of nitrogens with one attached hydrogen (secondary N) is 3. The van der Waals surface area contributed by atoms with Crippen LogP contribution >= 0.6 is 15.9 Å². The molecule has 0 aromatic heterocycles. The van der Waals surface area contributed by atoms with Crippen LogP contribution in [-0.2, 0) is 4.79 Å². The van der Waals surface area contributed by atoms with Gasteiger partial charge in [-0.1, -0.05) is 45.8 Å². The maximum atomic E-state index is 12.9. The van der Waals surface area contributed by atoms with Crippen LogP contribution in [-0.4, -0.2) is 11.9 Å². The third kappa shape index (κ3) is 3.91. The summed E-state index contributed by atoms with van der Waals surface area (Å²) in [4.78, 5) is 24.8. The fourth-order valence-electron chi connectivity index (χ4n) is 2.77. The van der Waals surface area contributed by atoms with Crippen LogP contribution in [0.3, 0.4) is 0 Å². The number of allylic oxidation sites excluding steroid dienone is 1. The van der Waals surface area contributed by atoms with E-state index < -0.39 is 6.04 Å². The Balaban J connectivity index is 1.94. The predicted molar refractivity (Wildman–Crippen MR) is 101 cm³/mol. The fraction of sp³-hybridized carbons (Fsp3) is 0.158. The molecule has 1 heterocycles. The predicted octanol–water partition coefficient (Wildman–Crippen LogP) is 4.02. The Morgan fingerprint density at radius 3 is 2.52 bits per heavy atom. The van der Waals surface area contributed by atoms with E-state index in [4.69, 9.17) is 0 Å². The van der Waals surface area contributed by atoms with Crippen LogP contribution < -0.4 is 16.0 Å². The van der Waals surface area contributed by atoms with Gasteiger partial charge in [0.1, 0.15) is 0 Å². The molecule has 0 radical (unpaired) electrons. The molecule has 5 nitrogen and oxygen atoms in total. The Morgan fingerprint density at radius 2 is 1.84 bits per heavy atom. The SMILES string of the molecule is CC1=C(C(=O)Nc2ccc(C)cc2)[C@@H](c2cccc(Br)c2)NC(=O)N1. The number of carbonyl (C=O) groups is 2. The second kappa shape index (κ2) is 7.11. The van der Waals surface area contributed by atoms with E-state index in [-0.39, 0.29) is 11.9 Å². The lowest BCUT2D eigenvalue weighted by atomic mass is 9.95. The quantitative estimate of drug-likeness (QED) is 0.728. The summed E-state index contributed by atoms with van der Waals surface area (Å²) < 4.78 is 0.883. The van der Waals surface area contributed by atoms with E-state index in [2.05, 4.69) is 31.9 Å². The van der Waals surface area contributed by atoms with Crippen LogP contribution in [0.1, 0.15) is 24.1 Å². The van der Waals surface area contributed by atoms with Gasteiger partial charge in [0.25, 0.3) is 5.91 Å². The highest BCUT2D eigenvalue weighted by Crippen LogP contribution is 2.29. The summed E-state index contributed by atoms with van der Waals surface area (Å²) in [5.41, 5.74) is 3.68. The topological polar surface area (TPSA) is 70.2 Å². The minimum absolute atomic E-state index is 0.251. The molecule has 3 rings (SSSR count). The molecule has 25 heavy (non-hydrogen) atoms. The van der Waals surface area contributed by atoms with Crippen molar-refractivity contribution in [1.82, 2.24) is 10.6 Å². The summed E-state index contributed by atoms with van der Waals surface area (Å²) in [6.07, 6.45) is 0. The van der Waals surface area contributed by atoms with E-state index in [1.165, 1.54) is 0 Å². The van der Waals surface area contributed by atoms with E-state index >= 15 is 0 Å². The van der Waals surface area contributed by atoms with Crippen molar-refractivity contribution >= 4 is 33.6 Å². The van der Waals surface area contributed by atoms with Crippen LogP contribution in [0.2, 0.25) is 0 Å². The van der Waals surface area contributed by atoms with Crippen LogP contribution in [0, 0.1) is 6.92 Å². The molecule has 0 saturated heterocycles. The molecule has 3 amide bonds. The van der Waals surface area contributed by atoms with E-state index in [0.29, 0.717) is 17.0 Å². The standard InChI is InChI=1S/C19H18BrN3O2/c1-11-6-8-15(9-7-11)22-18(24)16-12(2)21-19(25)23-17(16)13-4-3-5-14(20)10-13/h3-10,17H,1-2H3,(H,22,24)(H2,21,23,25)/t17-/m1/s1. The highest BCUT2D eigenvalue weighted by Gasteiger charge is 2.31. The average molecular weight is 400 g/mol. The lowest BCUT2D eigenvalue weighted by molar-refractivity contribution is -0.113. The molecule has 1 atom stereocenters. The molecule has 0 fully saturated rings. The van der Waals surface area contributed by atoms with Gasteiger partial charge < -0.3 is 16.0 Å². The van der Waals surface area contributed by atoms with Gasteiger partial charge in [-0.25, -0.2) is 4.79 Å². The van der Waals surface area contributed by atoms with Gasteiger partial charge in [-0.15, -0.1) is 0 Å². The first-order chi connectivity index (χ1) is 11.9. The first-order valence-corrected chi connectivity index (χ1v) is 8.65. The van der Waals surface area contributed by atoms with Crippen LogP contribution in [0.5, 0.6) is 0 Å². The average Bonchev–Trinajstić information content (AvgIpc) is 2.56. The van der Waals surface area contributed by atoms with E-state index in [1.54, 1.807) is 6.92 Å². The Labute approximate surface area is 154 Å². The van der Waals surface area contributed by atoms with Crippen LogP contribution in [0.25, 0.3) is 0 Å². The lowest BCUT2D eigenvalue weighted by Gasteiger charge is -2.28. The molecular weight excluding hydrogens is 382 g/mol. The third-order valence-corrected chi connectivity index (χ3v) is 4.50.